The lowest BCUT2D eigenvalue weighted by Crippen LogP contribution is -2.33. The summed E-state index contributed by atoms with van der Waals surface area (Å²) >= 11 is 1.19. The van der Waals surface area contributed by atoms with E-state index in [1.807, 2.05) is 13.0 Å². The normalized spacial score (nSPS) is 11.5. The standard InChI is InChI=1S/C17H23N3O3S/c1-5-7-11(3)19-15(21)10-24-16-13(9-18)8-14(12(4)20-16)17(22)23-6-2/h8,11H,5-7,10H2,1-4H3,(H,19,21)/t11-/m0/s1. The van der Waals surface area contributed by atoms with Crippen molar-refractivity contribution in [2.75, 3.05) is 12.4 Å². The average Bonchev–Trinajstić information content (AvgIpc) is 2.53. The summed E-state index contributed by atoms with van der Waals surface area (Å²) in [4.78, 5) is 28.1. The number of aryl methyl sites for hydroxylation is 1. The number of esters is 1. The highest BCUT2D eigenvalue weighted by Crippen LogP contribution is 2.23. The molecule has 0 fully saturated rings. The molecule has 0 bridgehead atoms. The van der Waals surface area contributed by atoms with Crippen LogP contribution in [0.1, 0.15) is 55.2 Å². The number of rotatable bonds is 8. The second-order valence-electron chi connectivity index (χ2n) is 5.35. The number of aromatic nitrogens is 1. The predicted octanol–water partition coefficient (Wildman–Crippen LogP) is 2.84. The average molecular weight is 349 g/mol. The fourth-order valence-electron chi connectivity index (χ4n) is 2.14. The van der Waals surface area contributed by atoms with E-state index in [-0.39, 0.29) is 35.4 Å². The van der Waals surface area contributed by atoms with E-state index >= 15 is 0 Å². The summed E-state index contributed by atoms with van der Waals surface area (Å²) in [6, 6.07) is 3.62. The van der Waals surface area contributed by atoms with Gasteiger partial charge in [-0.1, -0.05) is 25.1 Å². The Balaban J connectivity index is 2.82. The maximum atomic E-state index is 11.9. The number of pyridine rings is 1. The minimum absolute atomic E-state index is 0.0984. The van der Waals surface area contributed by atoms with Crippen molar-refractivity contribution in [3.8, 4) is 6.07 Å². The molecule has 1 N–H and O–H groups in total. The van der Waals surface area contributed by atoms with Crippen molar-refractivity contribution in [1.82, 2.24) is 10.3 Å². The van der Waals surface area contributed by atoms with Gasteiger partial charge >= 0.3 is 5.97 Å². The molecule has 0 radical (unpaired) electrons. The van der Waals surface area contributed by atoms with Crippen LogP contribution in [-0.2, 0) is 9.53 Å². The molecular weight excluding hydrogens is 326 g/mol. The molecule has 1 aromatic heterocycles. The Morgan fingerprint density at radius 1 is 1.46 bits per heavy atom. The van der Waals surface area contributed by atoms with Gasteiger partial charge in [0.25, 0.3) is 0 Å². The quantitative estimate of drug-likeness (QED) is 0.573. The molecule has 1 heterocycles. The van der Waals surface area contributed by atoms with Gasteiger partial charge in [-0.2, -0.15) is 5.26 Å². The molecule has 130 valence electrons. The van der Waals surface area contributed by atoms with Gasteiger partial charge in [0.05, 0.1) is 29.2 Å². The van der Waals surface area contributed by atoms with Gasteiger partial charge in [0.1, 0.15) is 11.1 Å². The second kappa shape index (κ2) is 9.93. The highest BCUT2D eigenvalue weighted by Gasteiger charge is 2.17. The summed E-state index contributed by atoms with van der Waals surface area (Å²) in [6.45, 7) is 7.68. The van der Waals surface area contributed by atoms with Crippen LogP contribution >= 0.6 is 11.8 Å². The zero-order chi connectivity index (χ0) is 18.1. The molecule has 0 aliphatic rings. The largest absolute Gasteiger partial charge is 0.462 e. The molecule has 0 saturated carbocycles. The molecule has 6 nitrogen and oxygen atoms in total. The van der Waals surface area contributed by atoms with Crippen LogP contribution in [0.4, 0.5) is 0 Å². The Morgan fingerprint density at radius 3 is 2.75 bits per heavy atom. The topological polar surface area (TPSA) is 92.1 Å². The summed E-state index contributed by atoms with van der Waals surface area (Å²) in [5, 5.41) is 12.6. The van der Waals surface area contributed by atoms with Crippen LogP contribution in [-0.4, -0.2) is 35.3 Å². The van der Waals surface area contributed by atoms with E-state index in [4.69, 9.17) is 4.74 Å². The monoisotopic (exact) mass is 349 g/mol. The van der Waals surface area contributed by atoms with Crippen molar-refractivity contribution in [1.29, 1.82) is 5.26 Å². The van der Waals surface area contributed by atoms with Crippen LogP contribution in [0.25, 0.3) is 0 Å². The van der Waals surface area contributed by atoms with E-state index in [2.05, 4.69) is 17.2 Å². The second-order valence-corrected chi connectivity index (χ2v) is 6.32. The molecule has 1 amide bonds. The summed E-state index contributed by atoms with van der Waals surface area (Å²) in [5.74, 6) is -0.422. The van der Waals surface area contributed by atoms with Gasteiger partial charge in [0, 0.05) is 6.04 Å². The first kappa shape index (κ1) is 20.0. The molecule has 0 spiro atoms. The van der Waals surface area contributed by atoms with E-state index in [1.165, 1.54) is 17.8 Å². The van der Waals surface area contributed by atoms with Crippen molar-refractivity contribution >= 4 is 23.6 Å². The van der Waals surface area contributed by atoms with E-state index in [0.29, 0.717) is 10.7 Å². The van der Waals surface area contributed by atoms with Gasteiger partial charge < -0.3 is 10.1 Å². The smallest absolute Gasteiger partial charge is 0.340 e. The maximum Gasteiger partial charge on any atom is 0.340 e. The van der Waals surface area contributed by atoms with Crippen LogP contribution in [0.5, 0.6) is 0 Å². The molecule has 1 atom stereocenters. The Labute approximate surface area is 147 Å². The zero-order valence-corrected chi connectivity index (χ0v) is 15.3. The molecular formula is C17H23N3O3S. The van der Waals surface area contributed by atoms with Crippen molar-refractivity contribution < 1.29 is 14.3 Å². The molecule has 1 rings (SSSR count). The van der Waals surface area contributed by atoms with Gasteiger partial charge in [0.15, 0.2) is 0 Å². The molecule has 0 unspecified atom stereocenters. The van der Waals surface area contributed by atoms with Gasteiger partial charge in [-0.25, -0.2) is 9.78 Å². The highest BCUT2D eigenvalue weighted by molar-refractivity contribution is 8.00. The molecule has 0 aliphatic carbocycles. The third kappa shape index (κ3) is 5.85. The van der Waals surface area contributed by atoms with Crippen LogP contribution in [0.15, 0.2) is 11.1 Å². The number of hydrogen-bond donors (Lipinski definition) is 1. The number of thioether (sulfide) groups is 1. The fourth-order valence-corrected chi connectivity index (χ4v) is 2.96. The zero-order valence-electron chi connectivity index (χ0n) is 14.5. The van der Waals surface area contributed by atoms with Crippen molar-refractivity contribution in [2.45, 2.75) is 51.6 Å². The van der Waals surface area contributed by atoms with E-state index < -0.39 is 5.97 Å². The Kier molecular flexibility index (Phi) is 8.27. The van der Waals surface area contributed by atoms with Crippen molar-refractivity contribution in [3.05, 3.63) is 22.9 Å². The van der Waals surface area contributed by atoms with Crippen LogP contribution in [0, 0.1) is 18.3 Å². The van der Waals surface area contributed by atoms with Gasteiger partial charge in [0.2, 0.25) is 5.91 Å². The number of hydrogen-bond acceptors (Lipinski definition) is 6. The fraction of sp³-hybridized carbons (Fsp3) is 0.529. The number of nitrogens with one attached hydrogen (secondary N) is 1. The molecule has 1 aromatic rings. The van der Waals surface area contributed by atoms with Crippen molar-refractivity contribution in [3.63, 3.8) is 0 Å². The first-order chi connectivity index (χ1) is 11.4. The summed E-state index contributed by atoms with van der Waals surface area (Å²) in [5.41, 5.74) is 1.02. The summed E-state index contributed by atoms with van der Waals surface area (Å²) < 4.78 is 4.95. The number of ether oxygens (including phenoxy) is 1. The Hall–Kier alpha value is -2.07. The van der Waals surface area contributed by atoms with Gasteiger partial charge in [-0.05, 0) is 33.3 Å². The molecule has 24 heavy (non-hydrogen) atoms. The lowest BCUT2D eigenvalue weighted by atomic mass is 10.1. The highest BCUT2D eigenvalue weighted by atomic mass is 32.2. The van der Waals surface area contributed by atoms with Gasteiger partial charge in [-0.3, -0.25) is 4.79 Å². The lowest BCUT2D eigenvalue weighted by molar-refractivity contribution is -0.119. The number of amides is 1. The number of carbonyl (C=O) groups is 2. The number of nitrogens with zero attached hydrogens (tertiary/aromatic N) is 2. The summed E-state index contributed by atoms with van der Waals surface area (Å²) in [7, 11) is 0. The van der Waals surface area contributed by atoms with Crippen LogP contribution in [0.2, 0.25) is 0 Å². The summed E-state index contributed by atoms with van der Waals surface area (Å²) in [6.07, 6.45) is 1.93. The maximum absolute atomic E-state index is 11.9. The van der Waals surface area contributed by atoms with Crippen LogP contribution < -0.4 is 5.32 Å². The third-order valence-electron chi connectivity index (χ3n) is 3.26. The molecule has 7 heteroatoms. The minimum atomic E-state index is -0.498. The SMILES string of the molecule is CCC[C@H](C)NC(=O)CSc1nc(C)c(C(=O)OCC)cc1C#N. The molecule has 0 aromatic carbocycles. The van der Waals surface area contributed by atoms with E-state index in [0.717, 1.165) is 12.8 Å². The predicted molar refractivity (Wildman–Crippen MR) is 92.9 cm³/mol. The first-order valence-corrected chi connectivity index (χ1v) is 8.92. The number of nitriles is 1. The van der Waals surface area contributed by atoms with Gasteiger partial charge in [-0.15, -0.1) is 0 Å². The minimum Gasteiger partial charge on any atom is -0.462 e. The first-order valence-electron chi connectivity index (χ1n) is 7.93. The van der Waals surface area contributed by atoms with Crippen LogP contribution in [0.3, 0.4) is 0 Å². The Bertz CT molecular complexity index is 641. The van der Waals surface area contributed by atoms with Crippen molar-refractivity contribution in [2.24, 2.45) is 0 Å². The lowest BCUT2D eigenvalue weighted by Gasteiger charge is -2.13. The third-order valence-corrected chi connectivity index (χ3v) is 4.25. The molecule has 0 saturated heterocycles. The van der Waals surface area contributed by atoms with E-state index in [9.17, 15) is 14.9 Å². The number of carbonyl (C=O) groups excluding carboxylic acids is 2. The van der Waals surface area contributed by atoms with E-state index in [1.54, 1.807) is 13.8 Å². The Morgan fingerprint density at radius 2 is 2.17 bits per heavy atom. The molecule has 0 aliphatic heterocycles.